The number of hydrogen-bond donors (Lipinski definition) is 1. The van der Waals surface area contributed by atoms with Crippen LogP contribution in [0.2, 0.25) is 0 Å². The molecule has 1 fully saturated rings. The molecule has 0 saturated carbocycles. The Labute approximate surface area is 120 Å². The first-order valence-electron chi connectivity index (χ1n) is 7.60. The topological polar surface area (TPSA) is 41.1 Å². The number of halogens is 1. The lowest BCUT2D eigenvalue weighted by Gasteiger charge is -2.34. The van der Waals surface area contributed by atoms with Gasteiger partial charge in [0.15, 0.2) is 11.6 Å². The van der Waals surface area contributed by atoms with E-state index in [9.17, 15) is 4.39 Å². The molecule has 0 aromatic carbocycles. The van der Waals surface area contributed by atoms with Crippen molar-refractivity contribution < 1.29 is 4.39 Å². The van der Waals surface area contributed by atoms with Gasteiger partial charge >= 0.3 is 0 Å². The molecule has 1 aromatic heterocycles. The van der Waals surface area contributed by atoms with E-state index in [2.05, 4.69) is 34.0 Å². The normalized spacial score (nSPS) is 19.4. The van der Waals surface area contributed by atoms with E-state index >= 15 is 0 Å². The summed E-state index contributed by atoms with van der Waals surface area (Å²) in [6, 6.07) is 0.228. The summed E-state index contributed by atoms with van der Waals surface area (Å²) in [5.74, 6) is 0.760. The van der Waals surface area contributed by atoms with Gasteiger partial charge in [-0.25, -0.2) is 14.4 Å². The highest BCUT2D eigenvalue weighted by Gasteiger charge is 2.23. The first-order chi connectivity index (χ1) is 9.63. The summed E-state index contributed by atoms with van der Waals surface area (Å²) in [4.78, 5) is 10.3. The van der Waals surface area contributed by atoms with Gasteiger partial charge in [0.05, 0.1) is 5.69 Å². The molecule has 1 unspecified atom stereocenters. The minimum absolute atomic E-state index is 0.228. The molecule has 1 N–H and O–H groups in total. The van der Waals surface area contributed by atoms with Gasteiger partial charge in [0.2, 0.25) is 0 Å². The van der Waals surface area contributed by atoms with Crippen molar-refractivity contribution in [3.63, 3.8) is 0 Å². The molecule has 0 radical (unpaired) electrons. The monoisotopic (exact) mass is 280 g/mol. The molecule has 0 amide bonds. The average molecular weight is 280 g/mol. The Balaban J connectivity index is 2.19. The second-order valence-electron chi connectivity index (χ2n) is 5.77. The number of hydrogen-bond acceptors (Lipinski definition) is 4. The predicted octanol–water partition coefficient (Wildman–Crippen LogP) is 2.39. The smallest absolute Gasteiger partial charge is 0.187 e. The Morgan fingerprint density at radius 3 is 2.85 bits per heavy atom. The first kappa shape index (κ1) is 15.2. The van der Waals surface area contributed by atoms with Crippen molar-refractivity contribution in [1.29, 1.82) is 0 Å². The van der Waals surface area contributed by atoms with E-state index in [-0.39, 0.29) is 11.9 Å². The molecular weight excluding hydrogens is 255 g/mol. The van der Waals surface area contributed by atoms with Gasteiger partial charge in [0.1, 0.15) is 6.33 Å². The molecule has 20 heavy (non-hydrogen) atoms. The van der Waals surface area contributed by atoms with Gasteiger partial charge < -0.3 is 10.2 Å². The summed E-state index contributed by atoms with van der Waals surface area (Å²) in [5, 5.41) is 3.41. The maximum Gasteiger partial charge on any atom is 0.187 e. The maximum absolute atomic E-state index is 14.5. The van der Waals surface area contributed by atoms with Gasteiger partial charge in [0.25, 0.3) is 0 Å². The van der Waals surface area contributed by atoms with E-state index in [1.807, 2.05) is 6.92 Å². The SMILES string of the molecule is CCc1ncnc(N(CC2CCCNC2)C(C)C)c1F. The molecule has 0 spiro atoms. The number of anilines is 1. The van der Waals surface area contributed by atoms with E-state index in [4.69, 9.17) is 0 Å². The van der Waals surface area contributed by atoms with Crippen molar-refractivity contribution >= 4 is 5.82 Å². The Bertz CT molecular complexity index is 430. The fourth-order valence-corrected chi connectivity index (χ4v) is 2.74. The Morgan fingerprint density at radius 2 is 2.25 bits per heavy atom. The molecule has 5 heteroatoms. The van der Waals surface area contributed by atoms with Crippen molar-refractivity contribution in [1.82, 2.24) is 15.3 Å². The number of rotatable bonds is 5. The Morgan fingerprint density at radius 1 is 1.45 bits per heavy atom. The van der Waals surface area contributed by atoms with Crippen molar-refractivity contribution in [3.05, 3.63) is 17.8 Å². The van der Waals surface area contributed by atoms with Crippen LogP contribution < -0.4 is 10.2 Å². The number of nitrogens with one attached hydrogen (secondary N) is 1. The third-order valence-electron chi connectivity index (χ3n) is 3.93. The van der Waals surface area contributed by atoms with Gasteiger partial charge in [-0.1, -0.05) is 6.92 Å². The molecule has 0 bridgehead atoms. The van der Waals surface area contributed by atoms with E-state index in [0.29, 0.717) is 23.9 Å². The zero-order valence-corrected chi connectivity index (χ0v) is 12.7. The summed E-state index contributed by atoms with van der Waals surface area (Å²) in [6.45, 7) is 9.05. The molecule has 112 valence electrons. The summed E-state index contributed by atoms with van der Waals surface area (Å²) < 4.78 is 14.5. The Kier molecular flexibility index (Phi) is 5.29. The van der Waals surface area contributed by atoms with Gasteiger partial charge in [-0.3, -0.25) is 0 Å². The van der Waals surface area contributed by atoms with E-state index in [1.54, 1.807) is 0 Å². The van der Waals surface area contributed by atoms with Crippen LogP contribution in [0.4, 0.5) is 10.2 Å². The zero-order chi connectivity index (χ0) is 14.5. The maximum atomic E-state index is 14.5. The lowest BCUT2D eigenvalue weighted by molar-refractivity contribution is 0.368. The van der Waals surface area contributed by atoms with Crippen LogP contribution >= 0.6 is 0 Å². The highest BCUT2D eigenvalue weighted by atomic mass is 19.1. The minimum atomic E-state index is -0.257. The fraction of sp³-hybridized carbons (Fsp3) is 0.733. The predicted molar refractivity (Wildman–Crippen MR) is 79.4 cm³/mol. The standard InChI is InChI=1S/C15H25FN4/c1-4-13-14(16)15(19-10-18-13)20(11(2)3)9-12-6-5-7-17-8-12/h10-12,17H,4-9H2,1-3H3. The molecule has 0 aliphatic carbocycles. The zero-order valence-electron chi connectivity index (χ0n) is 12.7. The molecule has 1 saturated heterocycles. The summed E-state index contributed by atoms with van der Waals surface area (Å²) >= 11 is 0. The van der Waals surface area contributed by atoms with Gasteiger partial charge in [-0.05, 0) is 52.1 Å². The van der Waals surface area contributed by atoms with Crippen LogP contribution in [0.3, 0.4) is 0 Å². The van der Waals surface area contributed by atoms with Crippen molar-refractivity contribution in [3.8, 4) is 0 Å². The van der Waals surface area contributed by atoms with Crippen LogP contribution in [0.1, 0.15) is 39.3 Å². The Hall–Kier alpha value is -1.23. The van der Waals surface area contributed by atoms with E-state index < -0.39 is 0 Å². The molecule has 1 aromatic rings. The molecule has 2 rings (SSSR count). The lowest BCUT2D eigenvalue weighted by Crippen LogP contribution is -2.42. The van der Waals surface area contributed by atoms with Gasteiger partial charge in [-0.15, -0.1) is 0 Å². The molecule has 4 nitrogen and oxygen atoms in total. The molecular formula is C15H25FN4. The minimum Gasteiger partial charge on any atom is -0.351 e. The fourth-order valence-electron chi connectivity index (χ4n) is 2.74. The van der Waals surface area contributed by atoms with Crippen molar-refractivity contribution in [2.45, 2.75) is 46.1 Å². The van der Waals surface area contributed by atoms with Gasteiger partial charge in [-0.2, -0.15) is 0 Å². The largest absolute Gasteiger partial charge is 0.351 e. The number of aryl methyl sites for hydroxylation is 1. The number of nitrogens with zero attached hydrogens (tertiary/aromatic N) is 3. The van der Waals surface area contributed by atoms with Crippen LogP contribution in [-0.4, -0.2) is 35.6 Å². The third-order valence-corrected chi connectivity index (χ3v) is 3.93. The van der Waals surface area contributed by atoms with Crippen LogP contribution in [0.5, 0.6) is 0 Å². The molecule has 2 heterocycles. The summed E-state index contributed by atoms with van der Waals surface area (Å²) in [6.07, 6.45) is 4.47. The second kappa shape index (κ2) is 6.97. The van der Waals surface area contributed by atoms with E-state index in [0.717, 1.165) is 19.6 Å². The van der Waals surface area contributed by atoms with Crippen LogP contribution in [-0.2, 0) is 6.42 Å². The van der Waals surface area contributed by atoms with Crippen molar-refractivity contribution in [2.75, 3.05) is 24.5 Å². The third kappa shape index (κ3) is 3.45. The molecule has 1 aliphatic rings. The first-order valence-corrected chi connectivity index (χ1v) is 7.60. The molecule has 1 atom stereocenters. The van der Waals surface area contributed by atoms with Crippen molar-refractivity contribution in [2.24, 2.45) is 5.92 Å². The number of piperidine rings is 1. The van der Waals surface area contributed by atoms with Crippen LogP contribution in [0, 0.1) is 11.7 Å². The summed E-state index contributed by atoms with van der Waals surface area (Å²) in [7, 11) is 0. The molecule has 1 aliphatic heterocycles. The van der Waals surface area contributed by atoms with Crippen LogP contribution in [0.25, 0.3) is 0 Å². The highest BCUT2D eigenvalue weighted by molar-refractivity contribution is 5.42. The van der Waals surface area contributed by atoms with Crippen LogP contribution in [0.15, 0.2) is 6.33 Å². The highest BCUT2D eigenvalue weighted by Crippen LogP contribution is 2.23. The number of aromatic nitrogens is 2. The quantitative estimate of drug-likeness (QED) is 0.899. The van der Waals surface area contributed by atoms with Gasteiger partial charge in [0, 0.05) is 12.6 Å². The second-order valence-corrected chi connectivity index (χ2v) is 5.77. The summed E-state index contributed by atoms with van der Waals surface area (Å²) in [5.41, 5.74) is 0.502. The average Bonchev–Trinajstić information content (AvgIpc) is 2.46. The van der Waals surface area contributed by atoms with E-state index in [1.165, 1.54) is 19.2 Å². The lowest BCUT2D eigenvalue weighted by atomic mass is 9.98.